The summed E-state index contributed by atoms with van der Waals surface area (Å²) in [5, 5.41) is 4.48. The minimum absolute atomic E-state index is 0.591. The molecular weight excluding hydrogens is 210 g/mol. The molecule has 2 N–H and O–H groups in total. The van der Waals surface area contributed by atoms with E-state index in [9.17, 15) is 0 Å². The lowest BCUT2D eigenvalue weighted by Gasteiger charge is -2.08. The van der Waals surface area contributed by atoms with Gasteiger partial charge in [-0.05, 0) is 18.9 Å². The first-order chi connectivity index (χ1) is 8.34. The minimum atomic E-state index is 0.591. The standard InChI is InChI=1S/C14H17N3/c15-14-8-4-3-7-13(14)11-9-16-17(10-11)12-5-1-2-6-12/h3-4,7-10,12H,1-2,5-6,15H2. The third kappa shape index (κ3) is 1.93. The van der Waals surface area contributed by atoms with E-state index in [0.29, 0.717) is 6.04 Å². The largest absolute Gasteiger partial charge is 0.398 e. The van der Waals surface area contributed by atoms with Crippen molar-refractivity contribution in [3.8, 4) is 11.1 Å². The van der Waals surface area contributed by atoms with Crippen LogP contribution in [0.2, 0.25) is 0 Å². The summed E-state index contributed by atoms with van der Waals surface area (Å²) in [6.45, 7) is 0. The maximum absolute atomic E-state index is 5.98. The fourth-order valence-electron chi connectivity index (χ4n) is 2.61. The van der Waals surface area contributed by atoms with E-state index in [1.54, 1.807) is 0 Å². The van der Waals surface area contributed by atoms with E-state index in [4.69, 9.17) is 5.73 Å². The number of hydrogen-bond acceptors (Lipinski definition) is 2. The summed E-state index contributed by atoms with van der Waals surface area (Å²) in [6, 6.07) is 8.54. The first-order valence-electron chi connectivity index (χ1n) is 6.23. The average molecular weight is 227 g/mol. The van der Waals surface area contributed by atoms with Crippen molar-refractivity contribution in [1.29, 1.82) is 0 Å². The maximum atomic E-state index is 5.98. The number of benzene rings is 1. The van der Waals surface area contributed by atoms with Crippen molar-refractivity contribution in [2.75, 3.05) is 5.73 Å². The molecule has 0 spiro atoms. The Morgan fingerprint density at radius 3 is 2.71 bits per heavy atom. The van der Waals surface area contributed by atoms with Gasteiger partial charge < -0.3 is 5.73 Å². The summed E-state index contributed by atoms with van der Waals surface area (Å²) in [6.07, 6.45) is 9.21. The van der Waals surface area contributed by atoms with E-state index < -0.39 is 0 Å². The topological polar surface area (TPSA) is 43.8 Å². The van der Waals surface area contributed by atoms with Crippen LogP contribution in [0.5, 0.6) is 0 Å². The molecule has 1 aliphatic carbocycles. The van der Waals surface area contributed by atoms with Gasteiger partial charge in [-0.2, -0.15) is 5.10 Å². The summed E-state index contributed by atoms with van der Waals surface area (Å²) in [7, 11) is 0. The van der Waals surface area contributed by atoms with Gasteiger partial charge in [0.05, 0.1) is 12.2 Å². The molecule has 88 valence electrons. The van der Waals surface area contributed by atoms with Crippen molar-refractivity contribution in [2.45, 2.75) is 31.7 Å². The molecule has 1 aliphatic rings. The summed E-state index contributed by atoms with van der Waals surface area (Å²) in [4.78, 5) is 0. The van der Waals surface area contributed by atoms with E-state index in [2.05, 4.69) is 16.0 Å². The van der Waals surface area contributed by atoms with Crippen molar-refractivity contribution in [3.05, 3.63) is 36.7 Å². The Bertz CT molecular complexity index is 510. The summed E-state index contributed by atoms with van der Waals surface area (Å²) < 4.78 is 2.11. The molecule has 2 aromatic rings. The Morgan fingerprint density at radius 2 is 1.94 bits per heavy atom. The first kappa shape index (κ1) is 10.4. The number of rotatable bonds is 2. The van der Waals surface area contributed by atoms with Crippen molar-refractivity contribution in [2.24, 2.45) is 0 Å². The van der Waals surface area contributed by atoms with Gasteiger partial charge in [-0.1, -0.05) is 31.0 Å². The van der Waals surface area contributed by atoms with Gasteiger partial charge in [0, 0.05) is 23.0 Å². The van der Waals surface area contributed by atoms with E-state index in [1.807, 2.05) is 30.5 Å². The molecule has 1 aromatic carbocycles. The molecule has 0 amide bonds. The van der Waals surface area contributed by atoms with E-state index in [0.717, 1.165) is 16.8 Å². The third-order valence-corrected chi connectivity index (χ3v) is 3.57. The van der Waals surface area contributed by atoms with Gasteiger partial charge in [0.1, 0.15) is 0 Å². The van der Waals surface area contributed by atoms with Crippen LogP contribution >= 0.6 is 0 Å². The second-order valence-electron chi connectivity index (χ2n) is 4.73. The van der Waals surface area contributed by atoms with Gasteiger partial charge in [-0.25, -0.2) is 0 Å². The van der Waals surface area contributed by atoms with Crippen LogP contribution in [0.25, 0.3) is 11.1 Å². The summed E-state index contributed by atoms with van der Waals surface area (Å²) in [5.41, 5.74) is 9.00. The van der Waals surface area contributed by atoms with Crippen LogP contribution in [0.3, 0.4) is 0 Å². The number of hydrogen-bond donors (Lipinski definition) is 1. The van der Waals surface area contributed by atoms with Gasteiger partial charge in [0.2, 0.25) is 0 Å². The Kier molecular flexibility index (Phi) is 2.59. The van der Waals surface area contributed by atoms with E-state index in [-0.39, 0.29) is 0 Å². The number of anilines is 1. The lowest BCUT2D eigenvalue weighted by Crippen LogP contribution is -2.04. The summed E-state index contributed by atoms with van der Waals surface area (Å²) in [5.74, 6) is 0. The Labute approximate surface area is 101 Å². The molecule has 1 saturated carbocycles. The van der Waals surface area contributed by atoms with Crippen LogP contribution in [0.1, 0.15) is 31.7 Å². The van der Waals surface area contributed by atoms with Crippen LogP contribution < -0.4 is 5.73 Å². The molecule has 3 nitrogen and oxygen atoms in total. The fraction of sp³-hybridized carbons (Fsp3) is 0.357. The molecule has 1 heterocycles. The lowest BCUT2D eigenvalue weighted by molar-refractivity contribution is 0.467. The molecule has 0 atom stereocenters. The molecule has 3 rings (SSSR count). The molecule has 3 heteroatoms. The molecule has 0 radical (unpaired) electrons. The van der Waals surface area contributed by atoms with Gasteiger partial charge in [0.15, 0.2) is 0 Å². The first-order valence-corrected chi connectivity index (χ1v) is 6.23. The Morgan fingerprint density at radius 1 is 1.18 bits per heavy atom. The predicted molar refractivity (Wildman–Crippen MR) is 69.6 cm³/mol. The highest BCUT2D eigenvalue weighted by atomic mass is 15.3. The van der Waals surface area contributed by atoms with Gasteiger partial charge in [-0.15, -0.1) is 0 Å². The zero-order valence-corrected chi connectivity index (χ0v) is 9.84. The zero-order valence-electron chi connectivity index (χ0n) is 9.84. The molecule has 17 heavy (non-hydrogen) atoms. The molecule has 0 saturated heterocycles. The maximum Gasteiger partial charge on any atom is 0.0569 e. The Hall–Kier alpha value is -1.77. The zero-order chi connectivity index (χ0) is 11.7. The van der Waals surface area contributed by atoms with Crippen LogP contribution in [0.4, 0.5) is 5.69 Å². The Balaban J connectivity index is 1.92. The number of nitrogens with two attached hydrogens (primary N) is 1. The third-order valence-electron chi connectivity index (χ3n) is 3.57. The monoisotopic (exact) mass is 227 g/mol. The van der Waals surface area contributed by atoms with Crippen LogP contribution in [-0.4, -0.2) is 9.78 Å². The SMILES string of the molecule is Nc1ccccc1-c1cnn(C2CCCC2)c1. The molecule has 0 aliphatic heterocycles. The van der Waals surface area contributed by atoms with E-state index >= 15 is 0 Å². The molecule has 1 fully saturated rings. The normalized spacial score (nSPS) is 16.5. The quantitative estimate of drug-likeness (QED) is 0.800. The molecule has 1 aromatic heterocycles. The smallest absolute Gasteiger partial charge is 0.0569 e. The highest BCUT2D eigenvalue weighted by molar-refractivity contribution is 5.75. The van der Waals surface area contributed by atoms with Gasteiger partial charge in [0.25, 0.3) is 0 Å². The number of nitrogens with zero attached hydrogens (tertiary/aromatic N) is 2. The average Bonchev–Trinajstić information content (AvgIpc) is 3.00. The van der Waals surface area contributed by atoms with Gasteiger partial charge >= 0.3 is 0 Å². The van der Waals surface area contributed by atoms with E-state index in [1.165, 1.54) is 25.7 Å². The van der Waals surface area contributed by atoms with Gasteiger partial charge in [-0.3, -0.25) is 4.68 Å². The number of para-hydroxylation sites is 1. The van der Waals surface area contributed by atoms with Crippen molar-refractivity contribution in [1.82, 2.24) is 9.78 Å². The van der Waals surface area contributed by atoms with Crippen LogP contribution in [-0.2, 0) is 0 Å². The second kappa shape index (κ2) is 4.24. The van der Waals surface area contributed by atoms with Crippen LogP contribution in [0.15, 0.2) is 36.7 Å². The minimum Gasteiger partial charge on any atom is -0.398 e. The fourth-order valence-corrected chi connectivity index (χ4v) is 2.61. The van der Waals surface area contributed by atoms with Crippen molar-refractivity contribution >= 4 is 5.69 Å². The lowest BCUT2D eigenvalue weighted by atomic mass is 10.1. The van der Waals surface area contributed by atoms with Crippen molar-refractivity contribution < 1.29 is 0 Å². The van der Waals surface area contributed by atoms with Crippen molar-refractivity contribution in [3.63, 3.8) is 0 Å². The highest BCUT2D eigenvalue weighted by Gasteiger charge is 2.17. The molecular formula is C14H17N3. The second-order valence-corrected chi connectivity index (χ2v) is 4.73. The number of aromatic nitrogens is 2. The molecule has 0 bridgehead atoms. The molecule has 0 unspecified atom stereocenters. The number of nitrogen functional groups attached to an aromatic ring is 1. The van der Waals surface area contributed by atoms with Crippen LogP contribution in [0, 0.1) is 0 Å². The highest BCUT2D eigenvalue weighted by Crippen LogP contribution is 2.31. The summed E-state index contributed by atoms with van der Waals surface area (Å²) >= 11 is 0. The predicted octanol–water partition coefficient (Wildman–Crippen LogP) is 3.25.